The monoisotopic (exact) mass is 387 g/mol. The van der Waals surface area contributed by atoms with Crippen molar-refractivity contribution in [3.8, 4) is 0 Å². The molecule has 28 heavy (non-hydrogen) atoms. The molecule has 1 aliphatic heterocycles. The first kappa shape index (κ1) is 20.9. The number of aromatic nitrogens is 1. The van der Waals surface area contributed by atoms with Crippen molar-refractivity contribution < 1.29 is 19.3 Å². The van der Waals surface area contributed by atoms with Crippen LogP contribution in [0.4, 0.5) is 0 Å². The van der Waals surface area contributed by atoms with E-state index in [0.29, 0.717) is 25.7 Å². The first-order valence-corrected chi connectivity index (χ1v) is 9.85. The van der Waals surface area contributed by atoms with Gasteiger partial charge in [0.25, 0.3) is 0 Å². The van der Waals surface area contributed by atoms with Crippen LogP contribution in [-0.2, 0) is 14.3 Å². The maximum absolute atomic E-state index is 13.2. The van der Waals surface area contributed by atoms with E-state index in [1.165, 1.54) is 0 Å². The SMILES string of the molecule is CB(O)N[C@@H](C(=O)N(C)CC1OCC(C)CO1)[C@@H](C)c1c[nH]c2ccccc12. The second-order valence-corrected chi connectivity index (χ2v) is 7.82. The molecule has 1 aromatic heterocycles. The summed E-state index contributed by atoms with van der Waals surface area (Å²) in [4.78, 5) is 18.1. The van der Waals surface area contributed by atoms with Crippen molar-refractivity contribution in [2.75, 3.05) is 26.8 Å². The molecule has 1 aromatic carbocycles. The lowest BCUT2D eigenvalue weighted by molar-refractivity contribution is -0.204. The average molecular weight is 387 g/mol. The number of nitrogens with zero attached hydrogens (tertiary/aromatic N) is 1. The van der Waals surface area contributed by atoms with Crippen molar-refractivity contribution in [1.29, 1.82) is 0 Å². The third-order valence-electron chi connectivity index (χ3n) is 5.23. The zero-order valence-corrected chi connectivity index (χ0v) is 17.0. The van der Waals surface area contributed by atoms with Crippen molar-refractivity contribution in [2.24, 2.45) is 5.92 Å². The highest BCUT2D eigenvalue weighted by molar-refractivity contribution is 6.46. The molecule has 3 N–H and O–H groups in total. The molecule has 1 aliphatic rings. The highest BCUT2D eigenvalue weighted by atomic mass is 16.7. The number of benzene rings is 1. The molecule has 7 nitrogen and oxygen atoms in total. The Labute approximate surface area is 166 Å². The number of ether oxygens (including phenoxy) is 2. The van der Waals surface area contributed by atoms with Crippen LogP contribution in [0.1, 0.15) is 25.3 Å². The quantitative estimate of drug-likeness (QED) is 0.631. The number of hydrogen-bond donors (Lipinski definition) is 3. The molecule has 1 fully saturated rings. The first-order chi connectivity index (χ1) is 13.4. The fraction of sp³-hybridized carbons (Fsp3) is 0.550. The Kier molecular flexibility index (Phi) is 6.77. The number of amides is 1. The number of carbonyl (C=O) groups is 1. The lowest BCUT2D eigenvalue weighted by Crippen LogP contribution is -2.54. The fourth-order valence-corrected chi connectivity index (χ4v) is 3.64. The van der Waals surface area contributed by atoms with Crippen LogP contribution in [-0.4, -0.2) is 67.0 Å². The van der Waals surface area contributed by atoms with E-state index in [-0.39, 0.29) is 11.8 Å². The van der Waals surface area contributed by atoms with Crippen LogP contribution in [0.15, 0.2) is 30.5 Å². The van der Waals surface area contributed by atoms with Crippen molar-refractivity contribution in [3.63, 3.8) is 0 Å². The molecule has 2 atom stereocenters. The van der Waals surface area contributed by atoms with E-state index in [2.05, 4.69) is 17.1 Å². The first-order valence-electron chi connectivity index (χ1n) is 9.85. The van der Waals surface area contributed by atoms with Gasteiger partial charge in [0.1, 0.15) is 0 Å². The van der Waals surface area contributed by atoms with Gasteiger partial charge in [-0.15, -0.1) is 0 Å². The minimum atomic E-state index is -0.807. The summed E-state index contributed by atoms with van der Waals surface area (Å²) >= 11 is 0. The number of H-pyrrole nitrogens is 1. The van der Waals surface area contributed by atoms with E-state index in [4.69, 9.17) is 9.47 Å². The van der Waals surface area contributed by atoms with Crippen LogP contribution in [0.5, 0.6) is 0 Å². The number of carbonyl (C=O) groups excluding carboxylic acids is 1. The fourth-order valence-electron chi connectivity index (χ4n) is 3.64. The average Bonchev–Trinajstić information content (AvgIpc) is 3.11. The predicted molar refractivity (Wildman–Crippen MR) is 110 cm³/mol. The normalized spacial score (nSPS) is 22.0. The second kappa shape index (κ2) is 9.09. The van der Waals surface area contributed by atoms with Crippen molar-refractivity contribution >= 4 is 23.9 Å². The Morgan fingerprint density at radius 3 is 2.75 bits per heavy atom. The molecule has 3 rings (SSSR count). The lowest BCUT2D eigenvalue weighted by Gasteiger charge is -2.33. The van der Waals surface area contributed by atoms with Crippen molar-refractivity contribution in [1.82, 2.24) is 15.1 Å². The zero-order valence-electron chi connectivity index (χ0n) is 17.0. The van der Waals surface area contributed by atoms with E-state index >= 15 is 0 Å². The Bertz CT molecular complexity index is 789. The van der Waals surface area contributed by atoms with E-state index in [1.807, 2.05) is 37.4 Å². The molecule has 0 saturated carbocycles. The molecule has 0 spiro atoms. The molecule has 2 aromatic rings. The van der Waals surface area contributed by atoms with Crippen LogP contribution in [0.2, 0.25) is 6.82 Å². The summed E-state index contributed by atoms with van der Waals surface area (Å²) in [5.74, 6) is 0.113. The maximum atomic E-state index is 13.2. The number of aromatic amines is 1. The number of nitrogens with one attached hydrogen (secondary N) is 2. The van der Waals surface area contributed by atoms with Gasteiger partial charge in [0.05, 0.1) is 25.8 Å². The van der Waals surface area contributed by atoms with Crippen LogP contribution >= 0.6 is 0 Å². The van der Waals surface area contributed by atoms with E-state index in [9.17, 15) is 9.82 Å². The number of likely N-dealkylation sites (N-methyl/N-ethyl adjacent to an activating group) is 1. The van der Waals surface area contributed by atoms with E-state index in [1.54, 1.807) is 18.8 Å². The van der Waals surface area contributed by atoms with Gasteiger partial charge in [-0.25, -0.2) is 0 Å². The van der Waals surface area contributed by atoms with Crippen LogP contribution < -0.4 is 5.23 Å². The predicted octanol–water partition coefficient (Wildman–Crippen LogP) is 1.81. The van der Waals surface area contributed by atoms with Gasteiger partial charge in [-0.1, -0.05) is 32.0 Å². The molecule has 0 unspecified atom stereocenters. The molecular weight excluding hydrogens is 357 g/mol. The summed E-state index contributed by atoms with van der Waals surface area (Å²) in [7, 11) is 0.934. The molecule has 1 saturated heterocycles. The van der Waals surface area contributed by atoms with E-state index < -0.39 is 19.4 Å². The van der Waals surface area contributed by atoms with Gasteiger partial charge in [-0.3, -0.25) is 4.79 Å². The summed E-state index contributed by atoms with van der Waals surface area (Å²) in [5, 5.41) is 14.0. The largest absolute Gasteiger partial charge is 0.437 e. The Morgan fingerprint density at radius 1 is 1.39 bits per heavy atom. The van der Waals surface area contributed by atoms with Gasteiger partial charge in [-0.2, -0.15) is 0 Å². The third-order valence-corrected chi connectivity index (χ3v) is 5.23. The second-order valence-electron chi connectivity index (χ2n) is 7.82. The molecule has 152 valence electrons. The van der Waals surface area contributed by atoms with Gasteiger partial charge >= 0.3 is 7.05 Å². The Morgan fingerprint density at radius 2 is 2.07 bits per heavy atom. The summed E-state index contributed by atoms with van der Waals surface area (Å²) in [6.45, 7) is 7.30. The minimum Gasteiger partial charge on any atom is -0.437 e. The number of fused-ring (bicyclic) bond motifs is 1. The molecule has 2 heterocycles. The highest BCUT2D eigenvalue weighted by Gasteiger charge is 2.33. The zero-order chi connectivity index (χ0) is 20.3. The Hall–Kier alpha value is -1.87. The Balaban J connectivity index is 1.75. The van der Waals surface area contributed by atoms with Gasteiger partial charge in [0, 0.05) is 36.0 Å². The summed E-state index contributed by atoms with van der Waals surface area (Å²) in [6, 6.07) is 7.43. The maximum Gasteiger partial charge on any atom is 0.374 e. The molecule has 0 radical (unpaired) electrons. The van der Waals surface area contributed by atoms with Crippen LogP contribution in [0.25, 0.3) is 10.9 Å². The number of para-hydroxylation sites is 1. The summed E-state index contributed by atoms with van der Waals surface area (Å²) < 4.78 is 11.3. The van der Waals surface area contributed by atoms with E-state index in [0.717, 1.165) is 16.5 Å². The van der Waals surface area contributed by atoms with Crippen LogP contribution in [0, 0.1) is 5.92 Å². The topological polar surface area (TPSA) is 86.8 Å². The smallest absolute Gasteiger partial charge is 0.374 e. The molecule has 0 bridgehead atoms. The highest BCUT2D eigenvalue weighted by Crippen LogP contribution is 2.28. The summed E-state index contributed by atoms with van der Waals surface area (Å²) in [6.07, 6.45) is 1.52. The van der Waals surface area contributed by atoms with Gasteiger partial charge in [-0.05, 0) is 18.5 Å². The van der Waals surface area contributed by atoms with Crippen molar-refractivity contribution in [2.45, 2.75) is 38.9 Å². The molecule has 1 amide bonds. The minimum absolute atomic E-state index is 0.107. The van der Waals surface area contributed by atoms with Gasteiger partial charge in [0.15, 0.2) is 6.29 Å². The van der Waals surface area contributed by atoms with Gasteiger partial charge in [0.2, 0.25) is 5.91 Å². The lowest BCUT2D eigenvalue weighted by atomic mass is 9.82. The molecule has 0 aliphatic carbocycles. The number of rotatable bonds is 7. The van der Waals surface area contributed by atoms with Crippen LogP contribution in [0.3, 0.4) is 0 Å². The van der Waals surface area contributed by atoms with Gasteiger partial charge < -0.3 is 29.6 Å². The molecular formula is C20H30BN3O4. The van der Waals surface area contributed by atoms with Crippen molar-refractivity contribution in [3.05, 3.63) is 36.0 Å². The molecule has 8 heteroatoms. The number of hydrogen-bond acceptors (Lipinski definition) is 5. The standard InChI is InChI=1S/C20H30BN3O4/c1-13-11-27-18(28-12-13)10-24(4)20(25)19(23-21(3)26)14(2)16-9-22-17-8-6-5-7-15(16)17/h5-9,13-14,18-19,22-23,26H,10-12H2,1-4H3/t13?,14-,18?,19+/m0/s1. The third kappa shape index (κ3) is 4.75. The summed E-state index contributed by atoms with van der Waals surface area (Å²) in [5.41, 5.74) is 2.06.